The average Bonchev–Trinajstić information content (AvgIpc) is 3.12. The van der Waals surface area contributed by atoms with Gasteiger partial charge in [-0.05, 0) is 55.7 Å². The number of aromatic nitrogens is 2. The van der Waals surface area contributed by atoms with Crippen LogP contribution in [0.1, 0.15) is 29.4 Å². The Labute approximate surface area is 206 Å². The first-order valence-corrected chi connectivity index (χ1v) is 10.4. The van der Waals surface area contributed by atoms with Gasteiger partial charge in [0.1, 0.15) is 0 Å². The van der Waals surface area contributed by atoms with Crippen LogP contribution in [0.3, 0.4) is 0 Å². The molecule has 170 valence electrons. The fourth-order valence-corrected chi connectivity index (χ4v) is 3.38. The van der Waals surface area contributed by atoms with Crippen LogP contribution in [0.5, 0.6) is 0 Å². The highest BCUT2D eigenvalue weighted by Crippen LogP contribution is 2.17. The van der Waals surface area contributed by atoms with E-state index in [1.54, 1.807) is 7.05 Å². The van der Waals surface area contributed by atoms with Crippen molar-refractivity contribution in [1.29, 1.82) is 0 Å². The number of aryl methyl sites for hydroxylation is 3. The number of para-hydroxylation sites is 1. The lowest BCUT2D eigenvalue weighted by atomic mass is 10.1. The van der Waals surface area contributed by atoms with E-state index in [1.165, 1.54) is 5.56 Å². The molecule has 3 aromatic rings. The van der Waals surface area contributed by atoms with Crippen LogP contribution in [0, 0.1) is 13.8 Å². The summed E-state index contributed by atoms with van der Waals surface area (Å²) in [6.45, 7) is 6.79. The lowest BCUT2D eigenvalue weighted by Gasteiger charge is -2.15. The van der Waals surface area contributed by atoms with Crippen LogP contribution in [0.15, 0.2) is 59.6 Å². The molecule has 1 amide bonds. The second-order valence-corrected chi connectivity index (χ2v) is 7.35. The van der Waals surface area contributed by atoms with Crippen molar-refractivity contribution in [2.75, 3.05) is 18.9 Å². The third-order valence-corrected chi connectivity index (χ3v) is 4.93. The first kappa shape index (κ1) is 25.4. The van der Waals surface area contributed by atoms with E-state index < -0.39 is 0 Å². The summed E-state index contributed by atoms with van der Waals surface area (Å²) >= 11 is 0. The maximum atomic E-state index is 12.3. The molecular weight excluding hydrogens is 515 g/mol. The Morgan fingerprint density at radius 2 is 1.84 bits per heavy atom. The van der Waals surface area contributed by atoms with Crippen LogP contribution < -0.4 is 16.0 Å². The topological polar surface area (TPSA) is 83.3 Å². The highest BCUT2D eigenvalue weighted by Gasteiger charge is 2.10. The van der Waals surface area contributed by atoms with E-state index >= 15 is 0 Å². The first-order valence-electron chi connectivity index (χ1n) is 10.4. The number of halogens is 1. The number of aliphatic imine (C=N–C) groups is 1. The summed E-state index contributed by atoms with van der Waals surface area (Å²) in [5.41, 5.74) is 6.14. The zero-order chi connectivity index (χ0) is 22.2. The molecule has 0 saturated carbocycles. The van der Waals surface area contributed by atoms with Gasteiger partial charge in [-0.3, -0.25) is 9.79 Å². The molecule has 0 spiro atoms. The van der Waals surface area contributed by atoms with Crippen LogP contribution >= 0.6 is 24.0 Å². The third-order valence-electron chi connectivity index (χ3n) is 4.93. The van der Waals surface area contributed by atoms with Crippen LogP contribution in [0.25, 0.3) is 5.69 Å². The van der Waals surface area contributed by atoms with Crippen LogP contribution in [-0.4, -0.2) is 35.2 Å². The molecule has 0 aliphatic rings. The minimum atomic E-state index is -0.126. The Kier molecular flexibility index (Phi) is 9.70. The average molecular weight is 546 g/mol. The number of hydrogen-bond donors (Lipinski definition) is 3. The molecule has 0 bridgehead atoms. The quantitative estimate of drug-likeness (QED) is 0.238. The number of carbonyl (C=O) groups excluding carboxylic acids is 1. The monoisotopic (exact) mass is 546 g/mol. The SMILES string of the molecule is CCc1cccc(NC(=O)CNC(=NC)NCc2ccccc2-n2nc(C)cc2C)c1.I. The largest absolute Gasteiger partial charge is 0.352 e. The van der Waals surface area contributed by atoms with Crippen molar-refractivity contribution in [3.8, 4) is 5.69 Å². The molecule has 3 N–H and O–H groups in total. The molecule has 2 aromatic carbocycles. The Hall–Kier alpha value is -2.88. The summed E-state index contributed by atoms with van der Waals surface area (Å²) in [7, 11) is 1.69. The van der Waals surface area contributed by atoms with Gasteiger partial charge in [0.2, 0.25) is 5.91 Å². The number of benzene rings is 2. The minimum Gasteiger partial charge on any atom is -0.352 e. The van der Waals surface area contributed by atoms with Gasteiger partial charge in [-0.25, -0.2) is 4.68 Å². The zero-order valence-corrected chi connectivity index (χ0v) is 21.3. The maximum absolute atomic E-state index is 12.3. The molecule has 7 nitrogen and oxygen atoms in total. The van der Waals surface area contributed by atoms with E-state index in [9.17, 15) is 4.79 Å². The lowest BCUT2D eigenvalue weighted by Crippen LogP contribution is -2.41. The van der Waals surface area contributed by atoms with E-state index in [4.69, 9.17) is 0 Å². The summed E-state index contributed by atoms with van der Waals surface area (Å²) < 4.78 is 1.94. The van der Waals surface area contributed by atoms with Gasteiger partial charge in [-0.1, -0.05) is 37.3 Å². The summed E-state index contributed by atoms with van der Waals surface area (Å²) in [6, 6.07) is 18.0. The molecule has 1 aromatic heterocycles. The van der Waals surface area contributed by atoms with Crippen molar-refractivity contribution >= 4 is 41.5 Å². The van der Waals surface area contributed by atoms with Crippen LogP contribution in [0.4, 0.5) is 5.69 Å². The summed E-state index contributed by atoms with van der Waals surface area (Å²) in [5.74, 6) is 0.430. The van der Waals surface area contributed by atoms with Gasteiger partial charge in [-0.15, -0.1) is 24.0 Å². The normalized spacial score (nSPS) is 10.9. The maximum Gasteiger partial charge on any atom is 0.243 e. The third kappa shape index (κ3) is 6.81. The fourth-order valence-electron chi connectivity index (χ4n) is 3.38. The number of nitrogens with zero attached hydrogens (tertiary/aromatic N) is 3. The van der Waals surface area contributed by atoms with E-state index in [-0.39, 0.29) is 36.4 Å². The lowest BCUT2D eigenvalue weighted by molar-refractivity contribution is -0.115. The zero-order valence-electron chi connectivity index (χ0n) is 19.0. The standard InChI is InChI=1S/C24H30N6O.HI/c1-5-19-9-8-11-21(14-19)28-23(31)16-27-24(25-4)26-15-20-10-6-7-12-22(20)30-18(3)13-17(2)29-30;/h6-14H,5,15-16H2,1-4H3,(H,28,31)(H2,25,26,27);1H. The molecule has 1 heterocycles. The van der Waals surface area contributed by atoms with Gasteiger partial charge in [0.25, 0.3) is 0 Å². The summed E-state index contributed by atoms with van der Waals surface area (Å²) in [5, 5.41) is 13.8. The van der Waals surface area contributed by atoms with E-state index in [2.05, 4.69) is 45.1 Å². The predicted molar refractivity (Wildman–Crippen MR) is 141 cm³/mol. The Morgan fingerprint density at radius 3 is 2.53 bits per heavy atom. The fraction of sp³-hybridized carbons (Fsp3) is 0.292. The number of carbonyl (C=O) groups is 1. The van der Waals surface area contributed by atoms with Gasteiger partial charge in [0, 0.05) is 25.0 Å². The highest BCUT2D eigenvalue weighted by molar-refractivity contribution is 14.0. The number of anilines is 1. The molecule has 0 radical (unpaired) electrons. The second kappa shape index (κ2) is 12.2. The molecule has 0 saturated heterocycles. The summed E-state index contributed by atoms with van der Waals surface area (Å²) in [6.07, 6.45) is 0.928. The van der Waals surface area contributed by atoms with E-state index in [0.717, 1.165) is 34.7 Å². The van der Waals surface area contributed by atoms with Gasteiger partial charge in [0.15, 0.2) is 5.96 Å². The number of hydrogen-bond acceptors (Lipinski definition) is 3. The first-order chi connectivity index (χ1) is 15.0. The molecular formula is C24H31IN6O. The molecule has 0 unspecified atom stereocenters. The molecule has 0 atom stereocenters. The number of guanidine groups is 1. The van der Waals surface area contributed by atoms with Gasteiger partial charge in [0.05, 0.1) is 17.9 Å². The number of amides is 1. The van der Waals surface area contributed by atoms with Crippen LogP contribution in [0.2, 0.25) is 0 Å². The van der Waals surface area contributed by atoms with Gasteiger partial charge in [-0.2, -0.15) is 5.10 Å². The number of rotatable bonds is 7. The molecule has 3 rings (SSSR count). The van der Waals surface area contributed by atoms with Crippen molar-refractivity contribution in [3.05, 3.63) is 77.1 Å². The second-order valence-electron chi connectivity index (χ2n) is 7.35. The molecule has 0 aliphatic carbocycles. The van der Waals surface area contributed by atoms with Crippen LogP contribution in [-0.2, 0) is 17.8 Å². The van der Waals surface area contributed by atoms with Gasteiger partial charge >= 0.3 is 0 Å². The van der Waals surface area contributed by atoms with Crippen molar-refractivity contribution < 1.29 is 4.79 Å². The van der Waals surface area contributed by atoms with Crippen molar-refractivity contribution in [3.63, 3.8) is 0 Å². The van der Waals surface area contributed by atoms with E-state index in [0.29, 0.717) is 12.5 Å². The Morgan fingerprint density at radius 1 is 1.06 bits per heavy atom. The minimum absolute atomic E-state index is 0. The molecule has 0 aliphatic heterocycles. The van der Waals surface area contributed by atoms with Gasteiger partial charge < -0.3 is 16.0 Å². The van der Waals surface area contributed by atoms with E-state index in [1.807, 2.05) is 61.0 Å². The Bertz CT molecular complexity index is 1080. The smallest absolute Gasteiger partial charge is 0.243 e. The molecule has 8 heteroatoms. The highest BCUT2D eigenvalue weighted by atomic mass is 127. The van der Waals surface area contributed by atoms with Crippen molar-refractivity contribution in [2.45, 2.75) is 33.7 Å². The number of nitrogens with one attached hydrogen (secondary N) is 3. The van der Waals surface area contributed by atoms with Crippen molar-refractivity contribution in [2.24, 2.45) is 4.99 Å². The molecule has 32 heavy (non-hydrogen) atoms. The summed E-state index contributed by atoms with van der Waals surface area (Å²) in [4.78, 5) is 16.5. The predicted octanol–water partition coefficient (Wildman–Crippen LogP) is 3.97. The van der Waals surface area contributed by atoms with Crippen molar-refractivity contribution in [1.82, 2.24) is 20.4 Å². The molecule has 0 fully saturated rings. The Balaban J connectivity index is 0.00000363.